The van der Waals surface area contributed by atoms with Crippen LogP contribution in [-0.4, -0.2) is 46.2 Å². The third-order valence-electron chi connectivity index (χ3n) is 3.32. The van der Waals surface area contributed by atoms with E-state index in [-0.39, 0.29) is 0 Å². The lowest BCUT2D eigenvalue weighted by Crippen LogP contribution is -2.72. The maximum atomic E-state index is 6.29. The fourth-order valence-corrected chi connectivity index (χ4v) is 16.5. The number of hydrogen-bond donors (Lipinski definition) is 0. The summed E-state index contributed by atoms with van der Waals surface area (Å²) >= 11 is 0. The minimum Gasteiger partial charge on any atom is -0.375 e. The van der Waals surface area contributed by atoms with Crippen LogP contribution in [0.5, 0.6) is 0 Å². The van der Waals surface area contributed by atoms with Gasteiger partial charge in [-0.1, -0.05) is 20.8 Å². The molecule has 1 fully saturated rings. The Labute approximate surface area is 132 Å². The van der Waals surface area contributed by atoms with Gasteiger partial charge in [-0.15, -0.1) is 0 Å². The van der Waals surface area contributed by atoms with E-state index >= 15 is 0 Å². The maximum absolute atomic E-state index is 6.29. The third-order valence-corrected chi connectivity index (χ3v) is 15.6. The van der Waals surface area contributed by atoms with E-state index in [0.717, 1.165) is 0 Å². The highest BCUT2D eigenvalue weighted by Crippen LogP contribution is 2.38. The van der Waals surface area contributed by atoms with E-state index in [1.807, 2.05) is 41.5 Å². The van der Waals surface area contributed by atoms with Crippen molar-refractivity contribution in [2.75, 3.05) is 19.8 Å². The molecule has 1 aliphatic rings. The van der Waals surface area contributed by atoms with Gasteiger partial charge in [0.15, 0.2) is 0 Å². The quantitative estimate of drug-likeness (QED) is 0.593. The zero-order valence-electron chi connectivity index (χ0n) is 14.2. The highest BCUT2D eigenvalue weighted by Gasteiger charge is 2.65. The van der Waals surface area contributed by atoms with Gasteiger partial charge in [0.05, 0.1) is 0 Å². The molecule has 0 saturated carbocycles. The van der Waals surface area contributed by atoms with Crippen molar-refractivity contribution in [3.8, 4) is 0 Å². The summed E-state index contributed by atoms with van der Waals surface area (Å²) in [5, 5.41) is 0. The predicted octanol–water partition coefficient (Wildman–Crippen LogP) is 3.04. The van der Waals surface area contributed by atoms with Crippen molar-refractivity contribution in [2.24, 2.45) is 0 Å². The van der Waals surface area contributed by atoms with Crippen LogP contribution < -0.4 is 0 Å². The molecular formula is C12H30O6Si3. The summed E-state index contributed by atoms with van der Waals surface area (Å²) in [6.07, 6.45) is 0. The minimum absolute atomic E-state index is 0.556. The molecule has 1 heterocycles. The molecule has 0 atom stereocenters. The zero-order valence-corrected chi connectivity index (χ0v) is 17.2. The monoisotopic (exact) mass is 354 g/mol. The molecule has 0 aromatic heterocycles. The summed E-state index contributed by atoms with van der Waals surface area (Å²) in [5.74, 6) is 0. The summed E-state index contributed by atoms with van der Waals surface area (Å²) in [7, 11) is -8.39. The number of hydrogen-bond acceptors (Lipinski definition) is 6. The van der Waals surface area contributed by atoms with Gasteiger partial charge in [0, 0.05) is 38.0 Å². The second-order valence-electron chi connectivity index (χ2n) is 4.71. The van der Waals surface area contributed by atoms with Crippen molar-refractivity contribution in [1.29, 1.82) is 0 Å². The summed E-state index contributed by atoms with van der Waals surface area (Å²) in [4.78, 5) is 0. The fraction of sp³-hybridized carbons (Fsp3) is 1.00. The van der Waals surface area contributed by atoms with Crippen molar-refractivity contribution in [3.05, 3.63) is 0 Å². The molecule has 0 spiro atoms. The summed E-state index contributed by atoms with van der Waals surface area (Å²) < 4.78 is 36.7. The molecule has 126 valence electrons. The van der Waals surface area contributed by atoms with Gasteiger partial charge in [-0.25, -0.2) is 0 Å². The van der Waals surface area contributed by atoms with Crippen molar-refractivity contribution >= 4 is 26.4 Å². The van der Waals surface area contributed by atoms with Crippen LogP contribution in [0, 0.1) is 0 Å². The normalized spacial score (nSPS) is 36.9. The maximum Gasteiger partial charge on any atom is 0.485 e. The molecule has 9 heteroatoms. The Morgan fingerprint density at radius 1 is 0.524 bits per heavy atom. The van der Waals surface area contributed by atoms with Crippen molar-refractivity contribution < 1.29 is 25.6 Å². The average molecular weight is 355 g/mol. The highest BCUT2D eigenvalue weighted by molar-refractivity contribution is 6.88. The summed E-state index contributed by atoms with van der Waals surface area (Å²) in [5.41, 5.74) is 0. The Morgan fingerprint density at radius 3 is 0.905 bits per heavy atom. The van der Waals surface area contributed by atoms with E-state index < -0.39 is 26.4 Å². The van der Waals surface area contributed by atoms with Gasteiger partial charge in [0.1, 0.15) is 0 Å². The van der Waals surface area contributed by atoms with Crippen molar-refractivity contribution in [1.82, 2.24) is 0 Å². The van der Waals surface area contributed by atoms with Gasteiger partial charge in [0.25, 0.3) is 0 Å². The lowest BCUT2D eigenvalue weighted by molar-refractivity contribution is 0.0183. The first kappa shape index (κ1) is 19.5. The molecule has 0 N–H and O–H groups in total. The van der Waals surface area contributed by atoms with Crippen LogP contribution in [0.25, 0.3) is 0 Å². The van der Waals surface area contributed by atoms with Crippen molar-refractivity contribution in [2.45, 2.75) is 59.7 Å². The molecule has 0 aromatic rings. The van der Waals surface area contributed by atoms with Gasteiger partial charge in [0.2, 0.25) is 0 Å². The van der Waals surface area contributed by atoms with Crippen LogP contribution in [0.2, 0.25) is 18.1 Å². The molecule has 1 rings (SSSR count). The Bertz CT molecular complexity index is 264. The lowest BCUT2D eigenvalue weighted by atomic mass is 10.9. The van der Waals surface area contributed by atoms with E-state index in [1.165, 1.54) is 0 Å². The van der Waals surface area contributed by atoms with Crippen LogP contribution in [0.1, 0.15) is 41.5 Å². The van der Waals surface area contributed by atoms with Crippen LogP contribution in [0.4, 0.5) is 0 Å². The topological polar surface area (TPSA) is 55.4 Å². The van der Waals surface area contributed by atoms with E-state index in [2.05, 4.69) is 0 Å². The predicted molar refractivity (Wildman–Crippen MR) is 86.8 cm³/mol. The van der Waals surface area contributed by atoms with E-state index in [1.54, 1.807) is 0 Å². The first-order valence-corrected chi connectivity index (χ1v) is 13.8. The van der Waals surface area contributed by atoms with Crippen LogP contribution >= 0.6 is 0 Å². The van der Waals surface area contributed by atoms with Crippen molar-refractivity contribution in [3.63, 3.8) is 0 Å². The molecule has 21 heavy (non-hydrogen) atoms. The van der Waals surface area contributed by atoms with E-state index in [0.29, 0.717) is 38.0 Å². The molecule has 0 bridgehead atoms. The van der Waals surface area contributed by atoms with Gasteiger partial charge in [-0.3, -0.25) is 0 Å². The number of rotatable bonds is 9. The first-order chi connectivity index (χ1) is 9.99. The Balaban J connectivity index is 3.18. The standard InChI is InChI=1S/C12H30O6Si3/c1-7-13-19(10-4)16-20(11-5,14-8-2)18-21(12-6,17-19)15-9-3/h7-12H2,1-6H3. The largest absolute Gasteiger partial charge is 0.485 e. The SMILES string of the molecule is CCO[Si]1(CC)O[Si](CC)(OCC)O[Si](CC)(OCC)O1. The summed E-state index contributed by atoms with van der Waals surface area (Å²) in [6, 6.07) is 2.11. The van der Waals surface area contributed by atoms with Crippen LogP contribution in [0.3, 0.4) is 0 Å². The molecule has 1 saturated heterocycles. The molecule has 0 amide bonds. The Hall–Kier alpha value is 0.411. The summed E-state index contributed by atoms with van der Waals surface area (Å²) in [6.45, 7) is 13.6. The second kappa shape index (κ2) is 8.32. The lowest BCUT2D eigenvalue weighted by Gasteiger charge is -2.49. The third kappa shape index (κ3) is 4.45. The first-order valence-electron chi connectivity index (χ1n) is 8.01. The van der Waals surface area contributed by atoms with E-state index in [9.17, 15) is 0 Å². The van der Waals surface area contributed by atoms with Crippen LogP contribution in [-0.2, 0) is 25.6 Å². The molecule has 6 nitrogen and oxygen atoms in total. The molecule has 0 unspecified atom stereocenters. The van der Waals surface area contributed by atoms with Gasteiger partial charge in [-0.2, -0.15) is 0 Å². The molecular weight excluding hydrogens is 324 g/mol. The Kier molecular flexibility index (Phi) is 7.70. The zero-order chi connectivity index (χ0) is 16.0. The van der Waals surface area contributed by atoms with Crippen LogP contribution in [0.15, 0.2) is 0 Å². The van der Waals surface area contributed by atoms with Gasteiger partial charge >= 0.3 is 26.4 Å². The Morgan fingerprint density at radius 2 is 0.762 bits per heavy atom. The molecule has 1 aliphatic heterocycles. The fourth-order valence-electron chi connectivity index (χ4n) is 2.35. The smallest absolute Gasteiger partial charge is 0.375 e. The highest BCUT2D eigenvalue weighted by atomic mass is 28.5. The van der Waals surface area contributed by atoms with E-state index in [4.69, 9.17) is 25.6 Å². The van der Waals surface area contributed by atoms with Gasteiger partial charge in [-0.05, 0) is 20.8 Å². The molecule has 0 aliphatic carbocycles. The molecule has 0 radical (unpaired) electrons. The minimum atomic E-state index is -2.80. The van der Waals surface area contributed by atoms with Gasteiger partial charge < -0.3 is 25.6 Å². The molecule has 0 aromatic carbocycles. The second-order valence-corrected chi connectivity index (χ2v) is 14.2. The average Bonchev–Trinajstić information content (AvgIpc) is 2.48.